The van der Waals surface area contributed by atoms with Crippen molar-refractivity contribution >= 4 is 17.7 Å². The molecule has 7 heteroatoms. The smallest absolute Gasteiger partial charge is 0.265 e. The summed E-state index contributed by atoms with van der Waals surface area (Å²) in [6.07, 6.45) is 5.01. The Morgan fingerprint density at radius 1 is 1.30 bits per heavy atom. The Labute approximate surface area is 120 Å². The van der Waals surface area contributed by atoms with E-state index in [4.69, 9.17) is 10.6 Å². The molecule has 20 heavy (non-hydrogen) atoms. The summed E-state index contributed by atoms with van der Waals surface area (Å²) in [7, 11) is 0. The highest BCUT2D eigenvalue weighted by Crippen LogP contribution is 2.15. The number of nitrogens with zero attached hydrogens (tertiary/aromatic N) is 2. The molecule has 1 amide bonds. The van der Waals surface area contributed by atoms with Gasteiger partial charge in [0.15, 0.2) is 0 Å². The topological polar surface area (TPSA) is 90.1 Å². The largest absolute Gasteiger partial charge is 0.493 e. The second kappa shape index (κ2) is 7.46. The van der Waals surface area contributed by atoms with Gasteiger partial charge in [-0.15, -0.1) is 11.8 Å². The van der Waals surface area contributed by atoms with Crippen LogP contribution in [0.2, 0.25) is 0 Å². The van der Waals surface area contributed by atoms with Crippen LogP contribution in [0.4, 0.5) is 0 Å². The minimum atomic E-state index is -0.324. The number of amides is 1. The van der Waals surface area contributed by atoms with Gasteiger partial charge in [0.1, 0.15) is 10.8 Å². The van der Waals surface area contributed by atoms with Crippen LogP contribution in [0.15, 0.2) is 47.9 Å². The van der Waals surface area contributed by atoms with Crippen molar-refractivity contribution in [2.45, 2.75) is 5.03 Å². The lowest BCUT2D eigenvalue weighted by Gasteiger charge is -2.06. The number of nitrogens with one attached hydrogen (secondary N) is 1. The standard InChI is InChI=1S/C13H14N4O2S/c14-17-13(18)10-1-3-11(4-2-10)19-7-8-20-12-9-15-5-6-16-12/h1-6,9H,7-8,14H2,(H,17,18). The maximum Gasteiger partial charge on any atom is 0.265 e. The first kappa shape index (κ1) is 14.3. The van der Waals surface area contributed by atoms with E-state index in [1.54, 1.807) is 54.6 Å². The van der Waals surface area contributed by atoms with Gasteiger partial charge in [-0.1, -0.05) is 0 Å². The Morgan fingerprint density at radius 2 is 2.10 bits per heavy atom. The SMILES string of the molecule is NNC(=O)c1ccc(OCCSc2cnccn2)cc1. The van der Waals surface area contributed by atoms with Crippen molar-refractivity contribution in [3.05, 3.63) is 48.4 Å². The molecular formula is C13H14N4O2S. The van der Waals surface area contributed by atoms with E-state index in [-0.39, 0.29) is 5.91 Å². The molecule has 1 aromatic carbocycles. The van der Waals surface area contributed by atoms with E-state index in [9.17, 15) is 4.79 Å². The number of hydrogen-bond acceptors (Lipinski definition) is 6. The molecule has 0 saturated carbocycles. The Kier molecular flexibility index (Phi) is 5.33. The van der Waals surface area contributed by atoms with Crippen LogP contribution in [0.5, 0.6) is 5.75 Å². The van der Waals surface area contributed by atoms with E-state index >= 15 is 0 Å². The molecular weight excluding hydrogens is 276 g/mol. The van der Waals surface area contributed by atoms with Crippen LogP contribution in [0.3, 0.4) is 0 Å². The molecule has 0 radical (unpaired) electrons. The summed E-state index contributed by atoms with van der Waals surface area (Å²) in [5.41, 5.74) is 2.57. The molecule has 0 fully saturated rings. The van der Waals surface area contributed by atoms with Gasteiger partial charge in [-0.2, -0.15) is 0 Å². The molecule has 1 aromatic heterocycles. The van der Waals surface area contributed by atoms with Crippen molar-refractivity contribution in [3.8, 4) is 5.75 Å². The van der Waals surface area contributed by atoms with E-state index < -0.39 is 0 Å². The molecule has 2 rings (SSSR count). The summed E-state index contributed by atoms with van der Waals surface area (Å²) >= 11 is 1.57. The number of thioether (sulfide) groups is 1. The summed E-state index contributed by atoms with van der Waals surface area (Å²) in [4.78, 5) is 19.4. The number of rotatable bonds is 6. The van der Waals surface area contributed by atoms with Crippen LogP contribution in [0.1, 0.15) is 10.4 Å². The van der Waals surface area contributed by atoms with Crippen molar-refractivity contribution in [1.82, 2.24) is 15.4 Å². The van der Waals surface area contributed by atoms with E-state index in [0.29, 0.717) is 17.9 Å². The Hall–Kier alpha value is -2.12. The average Bonchev–Trinajstić information content (AvgIpc) is 2.52. The van der Waals surface area contributed by atoms with Crippen molar-refractivity contribution in [2.75, 3.05) is 12.4 Å². The highest BCUT2D eigenvalue weighted by molar-refractivity contribution is 7.99. The lowest BCUT2D eigenvalue weighted by molar-refractivity contribution is 0.0953. The lowest BCUT2D eigenvalue weighted by Crippen LogP contribution is -2.29. The van der Waals surface area contributed by atoms with Gasteiger partial charge in [-0.05, 0) is 24.3 Å². The molecule has 1 heterocycles. The fourth-order valence-electron chi connectivity index (χ4n) is 1.45. The summed E-state index contributed by atoms with van der Waals surface area (Å²) in [6.45, 7) is 0.545. The van der Waals surface area contributed by atoms with E-state index in [0.717, 1.165) is 10.8 Å². The first-order valence-electron chi connectivity index (χ1n) is 5.92. The predicted molar refractivity (Wildman–Crippen MR) is 76.3 cm³/mol. The number of carbonyl (C=O) groups excluding carboxylic acids is 1. The van der Waals surface area contributed by atoms with Crippen molar-refractivity contribution in [1.29, 1.82) is 0 Å². The maximum atomic E-state index is 11.2. The fraction of sp³-hybridized carbons (Fsp3) is 0.154. The molecule has 0 atom stereocenters. The van der Waals surface area contributed by atoms with Gasteiger partial charge in [-0.25, -0.2) is 10.8 Å². The Bertz CT molecular complexity index is 548. The van der Waals surface area contributed by atoms with Crippen LogP contribution in [0, 0.1) is 0 Å². The zero-order chi connectivity index (χ0) is 14.2. The molecule has 0 unspecified atom stereocenters. The molecule has 104 valence electrons. The Balaban J connectivity index is 1.75. The zero-order valence-electron chi connectivity index (χ0n) is 10.7. The summed E-state index contributed by atoms with van der Waals surface area (Å²) in [6, 6.07) is 6.79. The van der Waals surface area contributed by atoms with Gasteiger partial charge in [-0.3, -0.25) is 15.2 Å². The van der Waals surface area contributed by atoms with Crippen molar-refractivity contribution in [3.63, 3.8) is 0 Å². The van der Waals surface area contributed by atoms with Crippen LogP contribution in [0.25, 0.3) is 0 Å². The van der Waals surface area contributed by atoms with Crippen LogP contribution in [-0.2, 0) is 0 Å². The minimum absolute atomic E-state index is 0.324. The third-order valence-corrected chi connectivity index (χ3v) is 3.27. The van der Waals surface area contributed by atoms with E-state index in [1.807, 2.05) is 0 Å². The first-order chi connectivity index (χ1) is 9.79. The molecule has 0 aliphatic heterocycles. The predicted octanol–water partition coefficient (Wildman–Crippen LogP) is 1.25. The van der Waals surface area contributed by atoms with Gasteiger partial charge in [0.25, 0.3) is 5.91 Å². The second-order valence-electron chi connectivity index (χ2n) is 3.74. The minimum Gasteiger partial charge on any atom is -0.493 e. The number of benzene rings is 1. The first-order valence-corrected chi connectivity index (χ1v) is 6.91. The quantitative estimate of drug-likeness (QED) is 0.274. The second-order valence-corrected chi connectivity index (χ2v) is 4.85. The van der Waals surface area contributed by atoms with Crippen LogP contribution >= 0.6 is 11.8 Å². The van der Waals surface area contributed by atoms with E-state index in [2.05, 4.69) is 15.4 Å². The number of nitrogens with two attached hydrogens (primary N) is 1. The summed E-state index contributed by atoms with van der Waals surface area (Å²) in [5.74, 6) is 6.20. The number of ether oxygens (including phenoxy) is 1. The van der Waals surface area contributed by atoms with Gasteiger partial charge in [0.05, 0.1) is 12.8 Å². The fourth-order valence-corrected chi connectivity index (χ4v) is 2.10. The molecule has 6 nitrogen and oxygen atoms in total. The molecule has 0 spiro atoms. The molecule has 0 aliphatic carbocycles. The molecule has 3 N–H and O–H groups in total. The third-order valence-electron chi connectivity index (χ3n) is 2.39. The third kappa shape index (κ3) is 4.22. The summed E-state index contributed by atoms with van der Waals surface area (Å²) < 4.78 is 5.56. The molecule has 0 aliphatic rings. The number of carbonyl (C=O) groups is 1. The monoisotopic (exact) mass is 290 g/mol. The normalized spacial score (nSPS) is 10.1. The number of nitrogen functional groups attached to an aromatic ring is 1. The van der Waals surface area contributed by atoms with Crippen molar-refractivity contribution in [2.24, 2.45) is 5.84 Å². The molecule has 0 saturated heterocycles. The average molecular weight is 290 g/mol. The van der Waals surface area contributed by atoms with Gasteiger partial charge < -0.3 is 4.74 Å². The Morgan fingerprint density at radius 3 is 2.75 bits per heavy atom. The van der Waals surface area contributed by atoms with Crippen molar-refractivity contribution < 1.29 is 9.53 Å². The zero-order valence-corrected chi connectivity index (χ0v) is 11.5. The van der Waals surface area contributed by atoms with Gasteiger partial charge in [0, 0.05) is 23.7 Å². The molecule has 2 aromatic rings. The van der Waals surface area contributed by atoms with E-state index in [1.165, 1.54) is 0 Å². The number of hydrazine groups is 1. The number of hydrogen-bond donors (Lipinski definition) is 2. The highest BCUT2D eigenvalue weighted by atomic mass is 32.2. The molecule has 0 bridgehead atoms. The maximum absolute atomic E-state index is 11.2. The summed E-state index contributed by atoms with van der Waals surface area (Å²) in [5, 5.41) is 0.867. The number of aromatic nitrogens is 2. The highest BCUT2D eigenvalue weighted by Gasteiger charge is 2.03. The van der Waals surface area contributed by atoms with Crippen LogP contribution in [-0.4, -0.2) is 28.2 Å². The van der Waals surface area contributed by atoms with Crippen LogP contribution < -0.4 is 16.0 Å². The lowest BCUT2D eigenvalue weighted by atomic mass is 10.2. The van der Waals surface area contributed by atoms with Gasteiger partial charge in [0.2, 0.25) is 0 Å². The van der Waals surface area contributed by atoms with Gasteiger partial charge >= 0.3 is 0 Å².